The van der Waals surface area contributed by atoms with E-state index in [-0.39, 0.29) is 30.6 Å². The number of nitrogens with zero attached hydrogens (tertiary/aromatic N) is 1. The fourth-order valence-electron chi connectivity index (χ4n) is 6.87. The van der Waals surface area contributed by atoms with Gasteiger partial charge in [-0.1, -0.05) is 97.1 Å². The van der Waals surface area contributed by atoms with Crippen molar-refractivity contribution in [2.24, 2.45) is 0 Å². The molecule has 0 unspecified atom stereocenters. The van der Waals surface area contributed by atoms with E-state index < -0.39 is 12.4 Å². The van der Waals surface area contributed by atoms with Crippen LogP contribution in [0.25, 0.3) is 11.1 Å². The summed E-state index contributed by atoms with van der Waals surface area (Å²) in [6.45, 7) is 1.22. The minimum Gasteiger partial charge on any atom is -0.508 e. The highest BCUT2D eigenvalue weighted by atomic mass is 16.7. The number of anilines is 1. The van der Waals surface area contributed by atoms with Crippen molar-refractivity contribution in [1.82, 2.24) is 10.2 Å². The molecule has 6 aromatic carbocycles. The minimum absolute atomic E-state index is 0.0326. The van der Waals surface area contributed by atoms with Crippen LogP contribution >= 0.6 is 0 Å². The number of carbonyl (C=O) groups excluding carboxylic acids is 1. The van der Waals surface area contributed by atoms with Crippen molar-refractivity contribution < 1.29 is 34.3 Å². The molecule has 0 radical (unpaired) electrons. The maximum absolute atomic E-state index is 12.7. The minimum atomic E-state index is -0.775. The molecule has 1 heterocycles. The number of phenolic OH excluding ortho intramolecular Hbond substituents is 1. The lowest BCUT2D eigenvalue weighted by Crippen LogP contribution is -2.39. The molecular formula is C47H47N3O7. The molecule has 57 heavy (non-hydrogen) atoms. The molecule has 10 nitrogen and oxygen atoms in total. The highest BCUT2D eigenvalue weighted by Gasteiger charge is 2.33. The molecule has 10 heteroatoms. The van der Waals surface area contributed by atoms with Gasteiger partial charge in [0, 0.05) is 37.3 Å². The second-order valence-electron chi connectivity index (χ2n) is 14.3. The summed E-state index contributed by atoms with van der Waals surface area (Å²) in [5.74, 6) is 1.54. The topological polar surface area (TPSA) is 133 Å². The summed E-state index contributed by atoms with van der Waals surface area (Å²) >= 11 is 0. The Kier molecular flexibility index (Phi) is 12.9. The van der Waals surface area contributed by atoms with Crippen molar-refractivity contribution in [1.29, 1.82) is 0 Å². The van der Waals surface area contributed by atoms with Crippen LogP contribution in [0.4, 0.5) is 10.5 Å². The van der Waals surface area contributed by atoms with E-state index >= 15 is 0 Å². The molecule has 292 valence electrons. The summed E-state index contributed by atoms with van der Waals surface area (Å²) in [5.41, 5.74) is 6.96. The summed E-state index contributed by atoms with van der Waals surface area (Å²) in [6.07, 6.45) is -1.26. The summed E-state index contributed by atoms with van der Waals surface area (Å²) in [4.78, 5) is 14.8. The van der Waals surface area contributed by atoms with Crippen LogP contribution in [-0.4, -0.2) is 52.5 Å². The van der Waals surface area contributed by atoms with Crippen LogP contribution in [0.1, 0.15) is 52.7 Å². The van der Waals surface area contributed by atoms with Crippen molar-refractivity contribution in [2.45, 2.75) is 44.2 Å². The van der Waals surface area contributed by atoms with Crippen LogP contribution in [0.5, 0.6) is 17.2 Å². The SMILES string of the molecule is CN(C[C@H]1C[C@@H](c2ccc(CO)cc2)O[C@@H](c2ccc(-c3cccc(CNC(=O)Nc4ccc(Oc5ccccc5)cc4)c3)cc2)O1)C[C@@H](O)c1cccc(O)c1. The van der Waals surface area contributed by atoms with Crippen LogP contribution < -0.4 is 15.4 Å². The van der Waals surface area contributed by atoms with Gasteiger partial charge in [-0.15, -0.1) is 0 Å². The van der Waals surface area contributed by atoms with Gasteiger partial charge in [0.05, 0.1) is 24.9 Å². The number of aromatic hydroxyl groups is 1. The number of hydrogen-bond donors (Lipinski definition) is 5. The third kappa shape index (κ3) is 10.9. The number of phenols is 1. The maximum atomic E-state index is 12.7. The molecule has 1 fully saturated rings. The van der Waals surface area contributed by atoms with Crippen LogP contribution in [0, 0.1) is 0 Å². The Bertz CT molecular complexity index is 2200. The van der Waals surface area contributed by atoms with Crippen LogP contribution in [0.15, 0.2) is 152 Å². The standard InChI is InChI=1S/C47H47N3O7/c1-50(30-44(53)38-9-6-10-40(52)26-38)29-43-27-45(35-15-13-32(31-51)14-16-35)57-46(56-43)36-19-17-34(18-20-36)37-8-5-7-33(25-37)28-48-47(54)49-39-21-23-42(24-22-39)55-41-11-3-2-4-12-41/h2-26,43-46,51-53H,27-31H2,1H3,(H2,48,49,54)/t43-,44-,45+,46+/m1/s1. The monoisotopic (exact) mass is 765 g/mol. The zero-order valence-electron chi connectivity index (χ0n) is 31.7. The van der Waals surface area contributed by atoms with Gasteiger partial charge in [-0.05, 0) is 95.0 Å². The van der Waals surface area contributed by atoms with Gasteiger partial charge in [-0.25, -0.2) is 4.79 Å². The van der Waals surface area contributed by atoms with Gasteiger partial charge in [0.25, 0.3) is 0 Å². The second kappa shape index (κ2) is 18.8. The number of carbonyl (C=O) groups is 1. The number of amides is 2. The van der Waals surface area contributed by atoms with Gasteiger partial charge in [-0.2, -0.15) is 0 Å². The molecule has 5 N–H and O–H groups in total. The smallest absolute Gasteiger partial charge is 0.319 e. The maximum Gasteiger partial charge on any atom is 0.319 e. The fraction of sp³-hybridized carbons (Fsp3) is 0.213. The number of likely N-dealkylation sites (N-methyl/N-ethyl adjacent to an activating group) is 1. The molecule has 0 aliphatic carbocycles. The van der Waals surface area contributed by atoms with Gasteiger partial charge in [0.1, 0.15) is 17.2 Å². The van der Waals surface area contributed by atoms with Crippen LogP contribution in [-0.2, 0) is 22.6 Å². The highest BCUT2D eigenvalue weighted by molar-refractivity contribution is 5.89. The van der Waals surface area contributed by atoms with Crippen LogP contribution in [0.3, 0.4) is 0 Å². The Morgan fingerprint density at radius 3 is 2.23 bits per heavy atom. The summed E-state index contributed by atoms with van der Waals surface area (Å²) < 4.78 is 19.0. The third-order valence-corrected chi connectivity index (χ3v) is 9.86. The summed E-state index contributed by atoms with van der Waals surface area (Å²) in [5, 5.41) is 36.2. The normalized spacial score (nSPS) is 17.2. The summed E-state index contributed by atoms with van der Waals surface area (Å²) in [7, 11) is 1.94. The van der Waals surface area contributed by atoms with Crippen molar-refractivity contribution in [3.05, 3.63) is 179 Å². The largest absolute Gasteiger partial charge is 0.508 e. The Labute approximate surface area is 332 Å². The zero-order valence-corrected chi connectivity index (χ0v) is 31.7. The number of rotatable bonds is 14. The van der Waals surface area contributed by atoms with E-state index in [1.807, 2.05) is 121 Å². The molecule has 0 aromatic heterocycles. The number of ether oxygens (including phenoxy) is 3. The third-order valence-electron chi connectivity index (χ3n) is 9.86. The first-order valence-electron chi connectivity index (χ1n) is 19.0. The van der Waals surface area contributed by atoms with Gasteiger partial charge >= 0.3 is 6.03 Å². The lowest BCUT2D eigenvalue weighted by atomic mass is 9.99. The molecule has 1 saturated heterocycles. The summed E-state index contributed by atoms with van der Waals surface area (Å²) in [6, 6.07) is 47.0. The van der Waals surface area contributed by atoms with E-state index in [2.05, 4.69) is 16.7 Å². The number of aliphatic hydroxyl groups excluding tert-OH is 2. The predicted octanol–water partition coefficient (Wildman–Crippen LogP) is 8.88. The molecule has 4 atom stereocenters. The fourth-order valence-corrected chi connectivity index (χ4v) is 6.87. The van der Waals surface area contributed by atoms with Gasteiger partial charge in [-0.3, -0.25) is 0 Å². The first-order chi connectivity index (χ1) is 27.8. The zero-order chi connectivity index (χ0) is 39.6. The number of urea groups is 1. The van der Waals surface area contributed by atoms with E-state index in [0.717, 1.165) is 39.1 Å². The molecular weight excluding hydrogens is 719 g/mol. The van der Waals surface area contributed by atoms with Gasteiger partial charge in [0.15, 0.2) is 6.29 Å². The molecule has 0 spiro atoms. The Morgan fingerprint density at radius 2 is 1.49 bits per heavy atom. The molecule has 2 amide bonds. The Balaban J connectivity index is 0.973. The second-order valence-corrected chi connectivity index (χ2v) is 14.3. The molecule has 6 aromatic rings. The molecule has 1 aliphatic rings. The average molecular weight is 766 g/mol. The predicted molar refractivity (Wildman–Crippen MR) is 220 cm³/mol. The van der Waals surface area contributed by atoms with E-state index in [4.69, 9.17) is 14.2 Å². The van der Waals surface area contributed by atoms with E-state index in [1.54, 1.807) is 36.4 Å². The van der Waals surface area contributed by atoms with Crippen molar-refractivity contribution in [2.75, 3.05) is 25.5 Å². The number of aliphatic hydroxyl groups is 2. The molecule has 0 bridgehead atoms. The number of nitrogens with one attached hydrogen (secondary N) is 2. The van der Waals surface area contributed by atoms with Crippen molar-refractivity contribution >= 4 is 11.7 Å². The molecule has 7 rings (SSSR count). The Hall–Kier alpha value is -6.01. The lowest BCUT2D eigenvalue weighted by molar-refractivity contribution is -0.252. The van der Waals surface area contributed by atoms with Crippen LogP contribution in [0.2, 0.25) is 0 Å². The van der Waals surface area contributed by atoms with Gasteiger partial charge < -0.3 is 45.1 Å². The van der Waals surface area contributed by atoms with E-state index in [0.29, 0.717) is 43.1 Å². The van der Waals surface area contributed by atoms with Crippen molar-refractivity contribution in [3.63, 3.8) is 0 Å². The van der Waals surface area contributed by atoms with E-state index in [1.165, 1.54) is 0 Å². The number of hydrogen-bond acceptors (Lipinski definition) is 8. The van der Waals surface area contributed by atoms with Crippen molar-refractivity contribution in [3.8, 4) is 28.4 Å². The first-order valence-corrected chi connectivity index (χ1v) is 19.0. The molecule has 0 saturated carbocycles. The lowest BCUT2D eigenvalue weighted by Gasteiger charge is -2.38. The number of para-hydroxylation sites is 1. The van der Waals surface area contributed by atoms with Gasteiger partial charge in [0.2, 0.25) is 0 Å². The quantitative estimate of drug-likeness (QED) is 0.0743. The average Bonchev–Trinajstić information content (AvgIpc) is 3.24. The first kappa shape index (κ1) is 39.2. The highest BCUT2D eigenvalue weighted by Crippen LogP contribution is 2.39. The Morgan fingerprint density at radius 1 is 0.772 bits per heavy atom. The molecule has 1 aliphatic heterocycles. The number of benzene rings is 6. The van der Waals surface area contributed by atoms with E-state index in [9.17, 15) is 20.1 Å².